The molecule has 2 aliphatic rings. The van der Waals surface area contributed by atoms with Gasteiger partial charge in [-0.25, -0.2) is 0 Å². The summed E-state index contributed by atoms with van der Waals surface area (Å²) in [5.74, 6) is 2.39. The number of nitrogens with zero attached hydrogens (tertiary/aromatic N) is 2. The molecule has 1 aromatic rings. The van der Waals surface area contributed by atoms with Crippen LogP contribution in [0.3, 0.4) is 0 Å². The van der Waals surface area contributed by atoms with E-state index in [1.807, 2.05) is 24.9 Å². The molecular formula is C14H23N3OS. The predicted octanol–water partition coefficient (Wildman–Crippen LogP) is 2.00. The molecule has 0 aliphatic carbocycles. The highest BCUT2D eigenvalue weighted by molar-refractivity contribution is 7.99. The monoisotopic (exact) mass is 281 g/mol. The van der Waals surface area contributed by atoms with E-state index in [1.165, 1.54) is 17.7 Å². The highest BCUT2D eigenvalue weighted by Crippen LogP contribution is 2.41. The van der Waals surface area contributed by atoms with Gasteiger partial charge in [-0.15, -0.1) is 0 Å². The van der Waals surface area contributed by atoms with E-state index in [0.717, 1.165) is 31.6 Å². The van der Waals surface area contributed by atoms with Crippen LogP contribution in [0.5, 0.6) is 0 Å². The first kappa shape index (κ1) is 13.5. The minimum atomic E-state index is 0.126. The fourth-order valence-corrected chi connectivity index (χ4v) is 4.52. The summed E-state index contributed by atoms with van der Waals surface area (Å²) in [5, 5.41) is 4.55. The average molecular weight is 281 g/mol. The van der Waals surface area contributed by atoms with Crippen molar-refractivity contribution in [3.63, 3.8) is 0 Å². The lowest BCUT2D eigenvalue weighted by atomic mass is 9.90. The summed E-state index contributed by atoms with van der Waals surface area (Å²) in [4.78, 5) is 0. The standard InChI is InChI=1S/C14H23N3OS/c1-11(15)6-12-8-16-17(9-12)13-2-4-18-14(7-13)3-5-19-10-14/h8-9,11,13H,2-7,10,15H2,1H3. The quantitative estimate of drug-likeness (QED) is 0.920. The van der Waals surface area contributed by atoms with Crippen LogP contribution in [0, 0.1) is 0 Å². The molecule has 106 valence electrons. The van der Waals surface area contributed by atoms with Crippen molar-refractivity contribution in [2.45, 2.75) is 50.3 Å². The Morgan fingerprint density at radius 2 is 2.58 bits per heavy atom. The zero-order valence-corrected chi connectivity index (χ0v) is 12.4. The SMILES string of the molecule is CC(N)Cc1cnn(C2CCOC3(CCSC3)C2)c1. The fourth-order valence-electron chi connectivity index (χ4n) is 3.15. The van der Waals surface area contributed by atoms with Gasteiger partial charge in [0.1, 0.15) is 0 Å². The zero-order valence-electron chi connectivity index (χ0n) is 11.5. The Morgan fingerprint density at radius 3 is 3.32 bits per heavy atom. The second-order valence-electron chi connectivity index (χ2n) is 5.99. The molecule has 2 saturated heterocycles. The topological polar surface area (TPSA) is 53.1 Å². The van der Waals surface area contributed by atoms with Gasteiger partial charge in [-0.3, -0.25) is 4.68 Å². The van der Waals surface area contributed by atoms with Crippen molar-refractivity contribution in [2.24, 2.45) is 5.73 Å². The zero-order chi connectivity index (χ0) is 13.3. The molecule has 0 bridgehead atoms. The van der Waals surface area contributed by atoms with Crippen molar-refractivity contribution in [3.8, 4) is 0 Å². The first-order valence-electron chi connectivity index (χ1n) is 7.17. The van der Waals surface area contributed by atoms with Gasteiger partial charge < -0.3 is 10.5 Å². The van der Waals surface area contributed by atoms with E-state index in [4.69, 9.17) is 10.5 Å². The molecule has 3 rings (SSSR count). The Kier molecular flexibility index (Phi) is 3.87. The molecule has 3 heterocycles. The van der Waals surface area contributed by atoms with Gasteiger partial charge in [-0.2, -0.15) is 16.9 Å². The highest BCUT2D eigenvalue weighted by atomic mass is 32.2. The normalized spacial score (nSPS) is 32.8. The van der Waals surface area contributed by atoms with E-state index in [0.29, 0.717) is 6.04 Å². The van der Waals surface area contributed by atoms with E-state index in [1.54, 1.807) is 0 Å². The lowest BCUT2D eigenvalue weighted by Crippen LogP contribution is -2.40. The lowest BCUT2D eigenvalue weighted by molar-refractivity contribution is -0.0778. The minimum absolute atomic E-state index is 0.126. The number of thioether (sulfide) groups is 1. The Bertz CT molecular complexity index is 426. The van der Waals surface area contributed by atoms with Crippen LogP contribution in [-0.2, 0) is 11.2 Å². The minimum Gasteiger partial charge on any atom is -0.374 e. The van der Waals surface area contributed by atoms with Crippen LogP contribution in [0.1, 0.15) is 37.8 Å². The Labute approximate surface area is 119 Å². The summed E-state index contributed by atoms with van der Waals surface area (Å²) in [6, 6.07) is 0.694. The van der Waals surface area contributed by atoms with Crippen molar-refractivity contribution < 1.29 is 4.74 Å². The molecule has 3 atom stereocenters. The molecule has 2 N–H and O–H groups in total. The van der Waals surface area contributed by atoms with Gasteiger partial charge in [-0.05, 0) is 43.9 Å². The van der Waals surface area contributed by atoms with Gasteiger partial charge in [0.25, 0.3) is 0 Å². The molecule has 3 unspecified atom stereocenters. The third-order valence-corrected chi connectivity index (χ3v) is 5.34. The van der Waals surface area contributed by atoms with Crippen molar-refractivity contribution >= 4 is 11.8 Å². The van der Waals surface area contributed by atoms with E-state index < -0.39 is 0 Å². The maximum atomic E-state index is 6.07. The van der Waals surface area contributed by atoms with Crippen molar-refractivity contribution in [1.82, 2.24) is 9.78 Å². The summed E-state index contributed by atoms with van der Waals surface area (Å²) in [6.45, 7) is 2.91. The number of nitrogens with two attached hydrogens (primary N) is 1. The second kappa shape index (κ2) is 5.46. The number of hydrogen-bond acceptors (Lipinski definition) is 4. The molecule has 2 aliphatic heterocycles. The molecular weight excluding hydrogens is 258 g/mol. The molecule has 5 heteroatoms. The van der Waals surface area contributed by atoms with Gasteiger partial charge in [-0.1, -0.05) is 0 Å². The average Bonchev–Trinajstić information content (AvgIpc) is 2.99. The summed E-state index contributed by atoms with van der Waals surface area (Å²) in [6.07, 6.45) is 8.43. The van der Waals surface area contributed by atoms with E-state index in [-0.39, 0.29) is 11.6 Å². The van der Waals surface area contributed by atoms with Crippen LogP contribution in [0.4, 0.5) is 0 Å². The van der Waals surface area contributed by atoms with E-state index in [2.05, 4.69) is 16.0 Å². The smallest absolute Gasteiger partial charge is 0.0800 e. The number of aromatic nitrogens is 2. The molecule has 0 aromatic carbocycles. The molecule has 0 amide bonds. The molecule has 1 aromatic heterocycles. The summed E-state index contributed by atoms with van der Waals surface area (Å²) >= 11 is 2.02. The molecule has 1 spiro atoms. The molecule has 0 saturated carbocycles. The van der Waals surface area contributed by atoms with E-state index in [9.17, 15) is 0 Å². The summed E-state index contributed by atoms with van der Waals surface area (Å²) in [7, 11) is 0. The molecule has 19 heavy (non-hydrogen) atoms. The molecule has 2 fully saturated rings. The first-order chi connectivity index (χ1) is 9.17. The number of rotatable bonds is 3. The van der Waals surface area contributed by atoms with Gasteiger partial charge in [0, 0.05) is 24.6 Å². The predicted molar refractivity (Wildman–Crippen MR) is 78.5 cm³/mol. The van der Waals surface area contributed by atoms with Gasteiger partial charge in [0.05, 0.1) is 17.8 Å². The molecule has 0 radical (unpaired) electrons. The first-order valence-corrected chi connectivity index (χ1v) is 8.33. The summed E-state index contributed by atoms with van der Waals surface area (Å²) < 4.78 is 8.21. The second-order valence-corrected chi connectivity index (χ2v) is 7.10. The van der Waals surface area contributed by atoms with Crippen molar-refractivity contribution in [2.75, 3.05) is 18.1 Å². The van der Waals surface area contributed by atoms with Crippen molar-refractivity contribution in [1.29, 1.82) is 0 Å². The third kappa shape index (κ3) is 2.98. The Morgan fingerprint density at radius 1 is 1.68 bits per heavy atom. The van der Waals surface area contributed by atoms with Crippen LogP contribution in [0.15, 0.2) is 12.4 Å². The highest BCUT2D eigenvalue weighted by Gasteiger charge is 2.41. The maximum absolute atomic E-state index is 6.07. The summed E-state index contributed by atoms with van der Waals surface area (Å²) in [5.41, 5.74) is 7.22. The number of hydrogen-bond donors (Lipinski definition) is 1. The Hall–Kier alpha value is -0.520. The fraction of sp³-hybridized carbons (Fsp3) is 0.786. The largest absolute Gasteiger partial charge is 0.374 e. The van der Waals surface area contributed by atoms with Gasteiger partial charge >= 0.3 is 0 Å². The van der Waals surface area contributed by atoms with Crippen LogP contribution in [0.25, 0.3) is 0 Å². The maximum Gasteiger partial charge on any atom is 0.0800 e. The van der Waals surface area contributed by atoms with Gasteiger partial charge in [0.15, 0.2) is 0 Å². The third-order valence-electron chi connectivity index (χ3n) is 4.12. The van der Waals surface area contributed by atoms with Crippen LogP contribution in [0.2, 0.25) is 0 Å². The van der Waals surface area contributed by atoms with Gasteiger partial charge in [0.2, 0.25) is 0 Å². The van der Waals surface area contributed by atoms with Crippen LogP contribution < -0.4 is 5.73 Å². The lowest BCUT2D eigenvalue weighted by Gasteiger charge is -2.37. The number of ether oxygens (including phenoxy) is 1. The van der Waals surface area contributed by atoms with Crippen molar-refractivity contribution in [3.05, 3.63) is 18.0 Å². The van der Waals surface area contributed by atoms with Crippen LogP contribution >= 0.6 is 11.8 Å². The molecule has 4 nitrogen and oxygen atoms in total. The van der Waals surface area contributed by atoms with E-state index >= 15 is 0 Å². The van der Waals surface area contributed by atoms with Crippen LogP contribution in [-0.4, -0.2) is 39.5 Å². The Balaban J connectivity index is 1.69.